The number of carbonyl (C=O) groups is 1. The monoisotopic (exact) mass is 405 g/mol. The van der Waals surface area contributed by atoms with Crippen molar-refractivity contribution in [1.29, 1.82) is 0 Å². The van der Waals surface area contributed by atoms with E-state index in [0.717, 1.165) is 57.1 Å². The minimum Gasteiger partial charge on any atom is -0.493 e. The van der Waals surface area contributed by atoms with Gasteiger partial charge in [0.05, 0.1) is 13.7 Å². The Morgan fingerprint density at radius 2 is 1.93 bits per heavy atom. The standard InChI is InChI=1S/C23H39N3O3/c1-7-29-20-9-8-18(14-21(20)28-6)15-26-12-10-19(11-13-26)22(27)24-16-23(2,3)17-25(4)5/h8-9,14,19H,7,10-13,15-17H2,1-6H3,(H,24,27). The maximum absolute atomic E-state index is 12.6. The van der Waals surface area contributed by atoms with Gasteiger partial charge in [0.2, 0.25) is 5.91 Å². The number of nitrogens with zero attached hydrogens (tertiary/aromatic N) is 2. The summed E-state index contributed by atoms with van der Waals surface area (Å²) in [7, 11) is 5.81. The lowest BCUT2D eigenvalue weighted by Crippen LogP contribution is -2.44. The first-order chi connectivity index (χ1) is 13.7. The molecule has 29 heavy (non-hydrogen) atoms. The van der Waals surface area contributed by atoms with Crippen molar-refractivity contribution in [3.8, 4) is 11.5 Å². The number of ether oxygens (including phenoxy) is 2. The van der Waals surface area contributed by atoms with Gasteiger partial charge in [-0.05, 0) is 70.1 Å². The van der Waals surface area contributed by atoms with E-state index < -0.39 is 0 Å². The van der Waals surface area contributed by atoms with E-state index in [4.69, 9.17) is 9.47 Å². The summed E-state index contributed by atoms with van der Waals surface area (Å²) in [5.74, 6) is 1.89. The first-order valence-corrected chi connectivity index (χ1v) is 10.7. The molecule has 0 unspecified atom stereocenters. The Bertz CT molecular complexity index is 653. The largest absolute Gasteiger partial charge is 0.493 e. The second-order valence-corrected chi connectivity index (χ2v) is 9.09. The lowest BCUT2D eigenvalue weighted by atomic mass is 9.91. The van der Waals surface area contributed by atoms with E-state index in [-0.39, 0.29) is 17.2 Å². The van der Waals surface area contributed by atoms with Crippen LogP contribution in [0.1, 0.15) is 39.2 Å². The molecule has 1 aromatic rings. The second-order valence-electron chi connectivity index (χ2n) is 9.09. The van der Waals surface area contributed by atoms with Crippen molar-refractivity contribution in [3.05, 3.63) is 23.8 Å². The maximum Gasteiger partial charge on any atom is 0.223 e. The Morgan fingerprint density at radius 3 is 2.52 bits per heavy atom. The van der Waals surface area contributed by atoms with Crippen molar-refractivity contribution in [2.24, 2.45) is 11.3 Å². The van der Waals surface area contributed by atoms with Crippen LogP contribution in [0.15, 0.2) is 18.2 Å². The average molecular weight is 406 g/mol. The molecule has 0 saturated carbocycles. The fraction of sp³-hybridized carbons (Fsp3) is 0.696. The Hall–Kier alpha value is -1.79. The molecule has 0 atom stereocenters. The molecule has 1 N–H and O–H groups in total. The molecule has 2 rings (SSSR count). The summed E-state index contributed by atoms with van der Waals surface area (Å²) in [6.45, 7) is 11.4. The van der Waals surface area contributed by atoms with Crippen LogP contribution in [0.3, 0.4) is 0 Å². The van der Waals surface area contributed by atoms with Crippen LogP contribution in [0.5, 0.6) is 11.5 Å². The molecule has 0 bridgehead atoms. The van der Waals surface area contributed by atoms with Gasteiger partial charge >= 0.3 is 0 Å². The summed E-state index contributed by atoms with van der Waals surface area (Å²) in [5, 5.41) is 3.18. The maximum atomic E-state index is 12.6. The lowest BCUT2D eigenvalue weighted by molar-refractivity contribution is -0.127. The minimum absolute atomic E-state index is 0.0760. The van der Waals surface area contributed by atoms with Crippen LogP contribution in [0.25, 0.3) is 0 Å². The normalized spacial score (nSPS) is 16.1. The number of carbonyl (C=O) groups excluding carboxylic acids is 1. The molecule has 1 aliphatic rings. The van der Waals surface area contributed by atoms with Crippen LogP contribution < -0.4 is 14.8 Å². The highest BCUT2D eigenvalue weighted by Gasteiger charge is 2.27. The fourth-order valence-corrected chi connectivity index (χ4v) is 4.08. The van der Waals surface area contributed by atoms with Crippen LogP contribution in [0.2, 0.25) is 0 Å². The summed E-state index contributed by atoms with van der Waals surface area (Å²) < 4.78 is 11.1. The highest BCUT2D eigenvalue weighted by Crippen LogP contribution is 2.29. The Morgan fingerprint density at radius 1 is 1.24 bits per heavy atom. The molecule has 1 fully saturated rings. The van der Waals surface area contributed by atoms with Gasteiger partial charge in [0.15, 0.2) is 11.5 Å². The summed E-state index contributed by atoms with van der Waals surface area (Å²) in [5.41, 5.74) is 1.28. The zero-order valence-electron chi connectivity index (χ0n) is 19.1. The molecule has 1 heterocycles. The van der Waals surface area contributed by atoms with Gasteiger partial charge in [0, 0.05) is 25.6 Å². The predicted molar refractivity (Wildman–Crippen MR) is 118 cm³/mol. The molecule has 6 nitrogen and oxygen atoms in total. The van der Waals surface area contributed by atoms with Crippen molar-refractivity contribution >= 4 is 5.91 Å². The van der Waals surface area contributed by atoms with Gasteiger partial charge < -0.3 is 19.7 Å². The SMILES string of the molecule is CCOc1ccc(CN2CCC(C(=O)NCC(C)(C)CN(C)C)CC2)cc1OC. The number of hydrogen-bond acceptors (Lipinski definition) is 5. The number of nitrogens with one attached hydrogen (secondary N) is 1. The predicted octanol–water partition coefficient (Wildman–Crippen LogP) is 3.01. The molecule has 0 aliphatic carbocycles. The molecule has 1 aromatic carbocycles. The Kier molecular flexibility index (Phi) is 8.78. The van der Waals surface area contributed by atoms with Crippen molar-refractivity contribution in [1.82, 2.24) is 15.1 Å². The Balaban J connectivity index is 1.81. The molecular formula is C23H39N3O3. The topological polar surface area (TPSA) is 54.0 Å². The summed E-state index contributed by atoms with van der Waals surface area (Å²) in [6.07, 6.45) is 1.82. The summed E-state index contributed by atoms with van der Waals surface area (Å²) in [4.78, 5) is 17.2. The molecule has 164 valence electrons. The molecule has 1 saturated heterocycles. The van der Waals surface area contributed by atoms with Crippen molar-refractivity contribution in [2.45, 2.75) is 40.2 Å². The van der Waals surface area contributed by atoms with E-state index in [1.165, 1.54) is 5.56 Å². The quantitative estimate of drug-likeness (QED) is 0.649. The number of amides is 1. The molecule has 6 heteroatoms. The van der Waals surface area contributed by atoms with E-state index in [1.807, 2.05) is 13.0 Å². The van der Waals surface area contributed by atoms with Gasteiger partial charge in [0.25, 0.3) is 0 Å². The third-order valence-corrected chi connectivity index (χ3v) is 5.38. The van der Waals surface area contributed by atoms with Crippen LogP contribution in [0, 0.1) is 11.3 Å². The number of likely N-dealkylation sites (tertiary alicyclic amines) is 1. The van der Waals surface area contributed by atoms with Crippen molar-refractivity contribution in [2.75, 3.05) is 54.0 Å². The molecule has 0 aromatic heterocycles. The van der Waals surface area contributed by atoms with Crippen LogP contribution in [-0.4, -0.2) is 69.7 Å². The van der Waals surface area contributed by atoms with Gasteiger partial charge in [-0.2, -0.15) is 0 Å². The molecule has 0 spiro atoms. The summed E-state index contributed by atoms with van der Waals surface area (Å²) >= 11 is 0. The highest BCUT2D eigenvalue weighted by atomic mass is 16.5. The second kappa shape index (κ2) is 10.8. The van der Waals surface area contributed by atoms with E-state index in [2.05, 4.69) is 55.2 Å². The molecule has 1 aliphatic heterocycles. The lowest BCUT2D eigenvalue weighted by Gasteiger charge is -2.33. The first-order valence-electron chi connectivity index (χ1n) is 10.7. The number of rotatable bonds is 10. The zero-order valence-corrected chi connectivity index (χ0v) is 19.1. The molecule has 1 amide bonds. The Labute approximate surface area is 176 Å². The smallest absolute Gasteiger partial charge is 0.223 e. The van der Waals surface area contributed by atoms with Gasteiger partial charge in [-0.25, -0.2) is 0 Å². The molecule has 0 radical (unpaired) electrons. The number of piperidine rings is 1. The van der Waals surface area contributed by atoms with E-state index in [0.29, 0.717) is 6.61 Å². The van der Waals surface area contributed by atoms with Gasteiger partial charge in [0.1, 0.15) is 0 Å². The van der Waals surface area contributed by atoms with Crippen LogP contribution in [-0.2, 0) is 11.3 Å². The summed E-state index contributed by atoms with van der Waals surface area (Å²) in [6, 6.07) is 6.13. The van der Waals surface area contributed by atoms with Gasteiger partial charge in [-0.15, -0.1) is 0 Å². The fourth-order valence-electron chi connectivity index (χ4n) is 4.08. The third-order valence-electron chi connectivity index (χ3n) is 5.38. The minimum atomic E-state index is 0.0760. The van der Waals surface area contributed by atoms with Crippen LogP contribution >= 0.6 is 0 Å². The average Bonchev–Trinajstić information content (AvgIpc) is 2.67. The van der Waals surface area contributed by atoms with Crippen molar-refractivity contribution < 1.29 is 14.3 Å². The molecular weight excluding hydrogens is 366 g/mol. The third kappa shape index (κ3) is 7.52. The van der Waals surface area contributed by atoms with Gasteiger partial charge in [-0.3, -0.25) is 9.69 Å². The van der Waals surface area contributed by atoms with E-state index in [1.54, 1.807) is 7.11 Å². The van der Waals surface area contributed by atoms with Gasteiger partial charge in [-0.1, -0.05) is 19.9 Å². The van der Waals surface area contributed by atoms with Crippen molar-refractivity contribution in [3.63, 3.8) is 0 Å². The van der Waals surface area contributed by atoms with E-state index >= 15 is 0 Å². The van der Waals surface area contributed by atoms with E-state index in [9.17, 15) is 4.79 Å². The number of hydrogen-bond donors (Lipinski definition) is 1. The number of methoxy groups -OCH3 is 1. The number of benzene rings is 1. The highest BCUT2D eigenvalue weighted by molar-refractivity contribution is 5.78. The zero-order chi connectivity index (χ0) is 21.4. The van der Waals surface area contributed by atoms with Crippen LogP contribution in [0.4, 0.5) is 0 Å². The first kappa shape index (κ1) is 23.5.